The van der Waals surface area contributed by atoms with Gasteiger partial charge < -0.3 is 20.3 Å². The van der Waals surface area contributed by atoms with E-state index in [4.69, 9.17) is 25.3 Å². The Balaban J connectivity index is 1.35. The van der Waals surface area contributed by atoms with E-state index in [0.29, 0.717) is 37.6 Å². The monoisotopic (exact) mass is 745 g/mol. The second-order valence-electron chi connectivity index (χ2n) is 21.3. The molecular formula is C45H70N5O4+. The van der Waals surface area contributed by atoms with Gasteiger partial charge in [0.15, 0.2) is 18.2 Å². The lowest BCUT2D eigenvalue weighted by Crippen LogP contribution is -2.69. The van der Waals surface area contributed by atoms with Gasteiger partial charge in [0, 0.05) is 34.1 Å². The molecule has 0 amide bonds. The molecule has 0 unspecified atom stereocenters. The Labute approximate surface area is 324 Å². The first kappa shape index (κ1) is 39.6. The highest BCUT2D eigenvalue weighted by atomic mass is 16.5. The SMILES string of the molecule is CC(C)[C@@H](C)[C@@]1(C)CC[C@]2(C)[C@H]3CC[C@@H]4[C@@]5(COC[C@@]4(C)[C@@H](OC[C@](C)(N)C(C)(C)C)[C@H](n4ncnc4-c4cc[n+](C)cc4)C5)C3=CC[C@@]2(C)[C@@H]1C(=O)O. The van der Waals surface area contributed by atoms with Crippen molar-refractivity contribution in [3.63, 3.8) is 0 Å². The number of hydrogen-bond acceptors (Lipinski definition) is 6. The maximum absolute atomic E-state index is 13.6. The lowest BCUT2D eigenvalue weighted by atomic mass is 9.34. The van der Waals surface area contributed by atoms with Crippen molar-refractivity contribution in [1.82, 2.24) is 14.8 Å². The molecule has 298 valence electrons. The molecule has 2 bridgehead atoms. The average Bonchev–Trinajstić information content (AvgIpc) is 3.57. The van der Waals surface area contributed by atoms with Gasteiger partial charge in [0.25, 0.3) is 0 Å². The number of aliphatic carboxylic acids is 1. The Hall–Kier alpha value is -2.62. The van der Waals surface area contributed by atoms with E-state index in [1.165, 1.54) is 5.57 Å². The quantitative estimate of drug-likeness (QED) is 0.208. The summed E-state index contributed by atoms with van der Waals surface area (Å²) in [5.74, 6) is 1.16. The van der Waals surface area contributed by atoms with Crippen LogP contribution in [0.2, 0.25) is 0 Å². The molecule has 9 heteroatoms. The van der Waals surface area contributed by atoms with E-state index in [1.807, 2.05) is 11.6 Å². The highest BCUT2D eigenvalue weighted by Crippen LogP contribution is 2.75. The summed E-state index contributed by atoms with van der Waals surface area (Å²) in [5, 5.41) is 16.2. The number of hydrogen-bond donors (Lipinski definition) is 2. The number of carbonyl (C=O) groups is 1. The molecule has 4 fully saturated rings. The van der Waals surface area contributed by atoms with Crippen LogP contribution in [0.5, 0.6) is 0 Å². The van der Waals surface area contributed by atoms with E-state index in [9.17, 15) is 9.90 Å². The van der Waals surface area contributed by atoms with Crippen LogP contribution in [-0.4, -0.2) is 57.3 Å². The van der Waals surface area contributed by atoms with Gasteiger partial charge in [-0.1, -0.05) is 80.9 Å². The van der Waals surface area contributed by atoms with E-state index in [2.05, 4.69) is 111 Å². The summed E-state index contributed by atoms with van der Waals surface area (Å²) >= 11 is 0. The van der Waals surface area contributed by atoms with E-state index >= 15 is 0 Å². The normalized spacial score (nSPS) is 40.9. The van der Waals surface area contributed by atoms with Crippen LogP contribution in [0, 0.1) is 62.1 Å². The van der Waals surface area contributed by atoms with E-state index in [-0.39, 0.29) is 50.6 Å². The first-order valence-electron chi connectivity index (χ1n) is 20.8. The number of fused-ring (bicyclic) bond motifs is 3. The summed E-state index contributed by atoms with van der Waals surface area (Å²) in [6.45, 7) is 26.7. The standard InChI is InChI=1S/C45H69N5O4/c1-28(2)29(3)40(7)19-20-42(9)31-13-14-34-41(8)24-53-26-45(34,32(31)15-18-43(42,10)35(40)38(51)52)23-33(36(41)54-25-44(11,46)39(4,5)6)50-37(47-27-48-50)30-16-21-49(12)22-17-30/h15-17,21-22,27-29,31,33-36H,13-14,18-20,23-26,46H2,1-12H3/p+1/t29-,31+,33-,34+,35-,36+,40-,41-,42-,43+,44+,45+/m1/s1. The predicted molar refractivity (Wildman–Crippen MR) is 211 cm³/mol. The van der Waals surface area contributed by atoms with Crippen molar-refractivity contribution in [2.75, 3.05) is 19.8 Å². The van der Waals surface area contributed by atoms with Gasteiger partial charge >= 0.3 is 5.97 Å². The van der Waals surface area contributed by atoms with Crippen molar-refractivity contribution in [1.29, 1.82) is 0 Å². The molecule has 3 heterocycles. The van der Waals surface area contributed by atoms with Gasteiger partial charge in [-0.2, -0.15) is 5.10 Å². The number of aromatic nitrogens is 4. The summed E-state index contributed by atoms with van der Waals surface area (Å²) in [7, 11) is 2.03. The Kier molecular flexibility index (Phi) is 9.50. The van der Waals surface area contributed by atoms with Crippen LogP contribution in [0.15, 0.2) is 42.5 Å². The minimum atomic E-state index is -0.621. The van der Waals surface area contributed by atoms with Gasteiger partial charge in [-0.05, 0) is 90.8 Å². The number of rotatable bonds is 8. The fourth-order valence-electron chi connectivity index (χ4n) is 13.0. The third-order valence-electron chi connectivity index (χ3n) is 17.5. The van der Waals surface area contributed by atoms with Crippen molar-refractivity contribution in [3.8, 4) is 11.4 Å². The Morgan fingerprint density at radius 2 is 1.76 bits per heavy atom. The Morgan fingerprint density at radius 1 is 1.07 bits per heavy atom. The van der Waals surface area contributed by atoms with Gasteiger partial charge in [-0.3, -0.25) is 4.79 Å². The largest absolute Gasteiger partial charge is 0.481 e. The van der Waals surface area contributed by atoms with Crippen molar-refractivity contribution in [2.24, 2.45) is 74.9 Å². The summed E-state index contributed by atoms with van der Waals surface area (Å²) in [5.41, 5.74) is 7.53. The maximum Gasteiger partial charge on any atom is 0.307 e. The van der Waals surface area contributed by atoms with Crippen LogP contribution in [0.1, 0.15) is 121 Å². The Morgan fingerprint density at radius 3 is 2.39 bits per heavy atom. The molecule has 3 N–H and O–H groups in total. The maximum atomic E-state index is 13.6. The molecule has 5 aliphatic rings. The zero-order valence-electron chi connectivity index (χ0n) is 35.4. The number of aryl methyl sites for hydroxylation is 1. The summed E-state index contributed by atoms with van der Waals surface area (Å²) in [4.78, 5) is 18.5. The Bertz CT molecular complexity index is 1780. The second kappa shape index (κ2) is 13.0. The first-order valence-corrected chi connectivity index (χ1v) is 20.8. The minimum Gasteiger partial charge on any atom is -0.481 e. The molecular weight excluding hydrogens is 675 g/mol. The van der Waals surface area contributed by atoms with Gasteiger partial charge in [-0.25, -0.2) is 14.2 Å². The van der Waals surface area contributed by atoms with Crippen molar-refractivity contribution >= 4 is 5.97 Å². The molecule has 2 aromatic rings. The number of nitrogens with zero attached hydrogens (tertiary/aromatic N) is 4. The van der Waals surface area contributed by atoms with E-state index < -0.39 is 17.4 Å². The van der Waals surface area contributed by atoms with Gasteiger partial charge in [-0.15, -0.1) is 0 Å². The van der Waals surface area contributed by atoms with Crippen LogP contribution in [0.3, 0.4) is 0 Å². The molecule has 12 atom stereocenters. The predicted octanol–water partition coefficient (Wildman–Crippen LogP) is 8.05. The summed E-state index contributed by atoms with van der Waals surface area (Å²) in [6.07, 6.45) is 13.8. The van der Waals surface area contributed by atoms with Gasteiger partial charge in [0.05, 0.1) is 37.9 Å². The van der Waals surface area contributed by atoms with Crippen LogP contribution in [0.4, 0.5) is 0 Å². The number of ether oxygens (including phenoxy) is 2. The van der Waals surface area contributed by atoms with Gasteiger partial charge in [0.2, 0.25) is 0 Å². The smallest absolute Gasteiger partial charge is 0.307 e. The third-order valence-corrected chi connectivity index (χ3v) is 17.5. The van der Waals surface area contributed by atoms with Crippen molar-refractivity contribution < 1.29 is 23.9 Å². The molecule has 54 heavy (non-hydrogen) atoms. The van der Waals surface area contributed by atoms with E-state index in [1.54, 1.807) is 6.33 Å². The molecule has 0 spiro atoms. The highest BCUT2D eigenvalue weighted by Gasteiger charge is 2.72. The minimum absolute atomic E-state index is 0.105. The first-order chi connectivity index (χ1) is 25.1. The number of allylic oxidation sites excluding steroid dienone is 1. The number of carboxylic acids is 1. The molecule has 4 aliphatic carbocycles. The second-order valence-corrected chi connectivity index (χ2v) is 21.3. The fraction of sp³-hybridized carbons (Fsp3) is 0.778. The third kappa shape index (κ3) is 5.54. The lowest BCUT2D eigenvalue weighted by molar-refractivity contribution is -0.671. The van der Waals surface area contributed by atoms with Gasteiger partial charge in [0.1, 0.15) is 13.4 Å². The summed E-state index contributed by atoms with van der Waals surface area (Å²) < 4.78 is 18.3. The lowest BCUT2D eigenvalue weighted by Gasteiger charge is -2.71. The summed E-state index contributed by atoms with van der Waals surface area (Å²) in [6, 6.07) is 4.12. The van der Waals surface area contributed by atoms with Crippen molar-refractivity contribution in [3.05, 3.63) is 42.5 Å². The molecule has 1 saturated heterocycles. The molecule has 0 radical (unpaired) electrons. The van der Waals surface area contributed by atoms with Crippen LogP contribution in [0.25, 0.3) is 11.4 Å². The molecule has 2 aromatic heterocycles. The van der Waals surface area contributed by atoms with Crippen LogP contribution < -0.4 is 10.3 Å². The molecule has 1 aliphatic heterocycles. The van der Waals surface area contributed by atoms with Crippen molar-refractivity contribution in [2.45, 2.75) is 132 Å². The van der Waals surface area contributed by atoms with Crippen LogP contribution >= 0.6 is 0 Å². The molecule has 0 aromatic carbocycles. The number of nitrogens with two attached hydrogens (primary N) is 1. The van der Waals surface area contributed by atoms with E-state index in [0.717, 1.165) is 49.9 Å². The fourth-order valence-corrected chi connectivity index (χ4v) is 13.0. The highest BCUT2D eigenvalue weighted by molar-refractivity contribution is 5.73. The number of carboxylic acid groups (broad SMARTS) is 1. The zero-order chi connectivity index (χ0) is 39.4. The zero-order valence-corrected chi connectivity index (χ0v) is 35.4. The molecule has 3 saturated carbocycles. The molecule has 9 nitrogen and oxygen atoms in total. The molecule has 7 rings (SSSR count). The number of pyridine rings is 1. The topological polar surface area (TPSA) is 116 Å². The van der Waals surface area contributed by atoms with Crippen LogP contribution in [-0.2, 0) is 21.3 Å². The average molecular weight is 745 g/mol.